The van der Waals surface area contributed by atoms with Gasteiger partial charge in [0.2, 0.25) is 11.9 Å². The molecule has 1 aliphatic heterocycles. The molecule has 0 bridgehead atoms. The summed E-state index contributed by atoms with van der Waals surface area (Å²) < 4.78 is 40.6. The van der Waals surface area contributed by atoms with Crippen LogP contribution in [0.3, 0.4) is 0 Å². The van der Waals surface area contributed by atoms with Crippen LogP contribution >= 0.6 is 0 Å². The van der Waals surface area contributed by atoms with Crippen LogP contribution in [0.5, 0.6) is 5.75 Å². The number of anilines is 2. The SMILES string of the molecule is Cc1nc(N2CCC(N(C)C)CC2)nc2ccc(NC(=O)/C=C/c3ccc(OC(F)(F)F)cc3)cc12. The van der Waals surface area contributed by atoms with Crippen molar-refractivity contribution in [1.82, 2.24) is 14.9 Å². The van der Waals surface area contributed by atoms with E-state index in [0.29, 0.717) is 17.3 Å². The van der Waals surface area contributed by atoms with Gasteiger partial charge in [-0.3, -0.25) is 4.79 Å². The Hall–Kier alpha value is -3.66. The number of ether oxygens (including phenoxy) is 1. The first-order valence-corrected chi connectivity index (χ1v) is 11.6. The Labute approximate surface area is 207 Å². The van der Waals surface area contributed by atoms with E-state index < -0.39 is 6.36 Å². The fourth-order valence-corrected chi connectivity index (χ4v) is 4.20. The quantitative estimate of drug-likeness (QED) is 0.481. The minimum atomic E-state index is -4.74. The number of aromatic nitrogens is 2. The molecule has 0 atom stereocenters. The highest BCUT2D eigenvalue weighted by Gasteiger charge is 2.31. The number of piperidine rings is 1. The van der Waals surface area contributed by atoms with Crippen molar-refractivity contribution in [2.24, 2.45) is 0 Å². The summed E-state index contributed by atoms with van der Waals surface area (Å²) in [6, 6.07) is 11.3. The molecule has 4 rings (SSSR count). The summed E-state index contributed by atoms with van der Waals surface area (Å²) in [6.07, 6.45) is 0.210. The highest BCUT2D eigenvalue weighted by Crippen LogP contribution is 2.26. The highest BCUT2D eigenvalue weighted by atomic mass is 19.4. The van der Waals surface area contributed by atoms with Crippen LogP contribution < -0.4 is 15.0 Å². The van der Waals surface area contributed by atoms with Gasteiger partial charge in [-0.1, -0.05) is 12.1 Å². The molecular weight excluding hydrogens is 471 g/mol. The van der Waals surface area contributed by atoms with Crippen LogP contribution in [0, 0.1) is 6.92 Å². The number of benzene rings is 2. The summed E-state index contributed by atoms with van der Waals surface area (Å²) in [4.78, 5) is 26.3. The number of fused-ring (bicyclic) bond motifs is 1. The van der Waals surface area contributed by atoms with Gasteiger partial charge in [0.1, 0.15) is 5.75 Å². The molecule has 0 spiro atoms. The zero-order valence-electron chi connectivity index (χ0n) is 20.3. The molecular formula is C26H28F3N5O2. The van der Waals surface area contributed by atoms with Crippen molar-refractivity contribution >= 4 is 34.5 Å². The number of alkyl halides is 3. The van der Waals surface area contributed by atoms with Crippen molar-refractivity contribution in [3.63, 3.8) is 0 Å². The molecule has 1 aromatic heterocycles. The van der Waals surface area contributed by atoms with Gasteiger partial charge in [-0.15, -0.1) is 13.2 Å². The van der Waals surface area contributed by atoms with Crippen molar-refractivity contribution < 1.29 is 22.7 Å². The van der Waals surface area contributed by atoms with Crippen molar-refractivity contribution in [2.75, 3.05) is 37.4 Å². The van der Waals surface area contributed by atoms with Gasteiger partial charge < -0.3 is 19.9 Å². The molecule has 0 saturated carbocycles. The van der Waals surface area contributed by atoms with E-state index in [0.717, 1.165) is 48.5 Å². The molecule has 2 heterocycles. The summed E-state index contributed by atoms with van der Waals surface area (Å²) in [6.45, 7) is 3.75. The van der Waals surface area contributed by atoms with E-state index in [2.05, 4.69) is 33.9 Å². The minimum Gasteiger partial charge on any atom is -0.406 e. The number of halogens is 3. The Morgan fingerprint density at radius 3 is 2.44 bits per heavy atom. The standard InChI is InChI=1S/C26H28F3N5O2/c1-17-22-16-19(31-24(35)11-6-18-4-8-21(9-5-18)36-26(27,28)29)7-10-23(22)32-25(30-17)34-14-12-20(13-15-34)33(2)3/h4-11,16,20H,12-15H2,1-3H3,(H,31,35)/b11-6+. The number of hydrogen-bond acceptors (Lipinski definition) is 6. The van der Waals surface area contributed by atoms with Crippen LogP contribution in [0.2, 0.25) is 0 Å². The van der Waals surface area contributed by atoms with Crippen molar-refractivity contribution in [3.8, 4) is 5.75 Å². The first kappa shape index (κ1) is 25.4. The topological polar surface area (TPSA) is 70.6 Å². The normalized spacial score (nSPS) is 15.1. The highest BCUT2D eigenvalue weighted by molar-refractivity contribution is 6.03. The van der Waals surface area contributed by atoms with Gasteiger partial charge >= 0.3 is 6.36 Å². The lowest BCUT2D eigenvalue weighted by molar-refractivity contribution is -0.274. The van der Waals surface area contributed by atoms with Gasteiger partial charge in [0, 0.05) is 36.3 Å². The molecule has 1 aliphatic rings. The summed E-state index contributed by atoms with van der Waals surface area (Å²) in [5.41, 5.74) is 2.79. The molecule has 190 valence electrons. The lowest BCUT2D eigenvalue weighted by Gasteiger charge is -2.35. The van der Waals surface area contributed by atoms with Crippen LogP contribution in [0.15, 0.2) is 48.5 Å². The fraction of sp³-hybridized carbons (Fsp3) is 0.346. The average Bonchev–Trinajstić information content (AvgIpc) is 2.83. The second kappa shape index (κ2) is 10.5. The van der Waals surface area contributed by atoms with E-state index in [1.54, 1.807) is 6.07 Å². The second-order valence-electron chi connectivity index (χ2n) is 8.96. The monoisotopic (exact) mass is 499 g/mol. The number of carbonyl (C=O) groups excluding carboxylic acids is 1. The molecule has 0 aliphatic carbocycles. The molecule has 36 heavy (non-hydrogen) atoms. The molecule has 0 radical (unpaired) electrons. The van der Waals surface area contributed by atoms with E-state index in [1.165, 1.54) is 36.4 Å². The zero-order chi connectivity index (χ0) is 25.9. The van der Waals surface area contributed by atoms with Crippen LogP contribution in [0.1, 0.15) is 24.1 Å². The number of aryl methyl sites for hydroxylation is 1. The lowest BCUT2D eigenvalue weighted by atomic mass is 10.0. The third-order valence-electron chi connectivity index (χ3n) is 6.16. The first-order chi connectivity index (χ1) is 17.1. The van der Waals surface area contributed by atoms with Gasteiger partial charge in [0.05, 0.1) is 11.2 Å². The number of carbonyl (C=O) groups is 1. The van der Waals surface area contributed by atoms with E-state index >= 15 is 0 Å². The summed E-state index contributed by atoms with van der Waals surface area (Å²) in [7, 11) is 4.22. The minimum absolute atomic E-state index is 0.320. The van der Waals surface area contributed by atoms with Gasteiger partial charge in [0.25, 0.3) is 0 Å². The van der Waals surface area contributed by atoms with Gasteiger partial charge in [-0.05, 0) is 75.8 Å². The molecule has 2 aromatic carbocycles. The molecule has 7 nitrogen and oxygen atoms in total. The van der Waals surface area contributed by atoms with Crippen molar-refractivity contribution in [2.45, 2.75) is 32.2 Å². The van der Waals surface area contributed by atoms with Crippen LogP contribution in [-0.4, -0.2) is 60.4 Å². The fourth-order valence-electron chi connectivity index (χ4n) is 4.20. The summed E-state index contributed by atoms with van der Waals surface area (Å²) >= 11 is 0. The number of rotatable bonds is 6. The van der Waals surface area contributed by atoms with E-state index in [4.69, 9.17) is 9.97 Å². The van der Waals surface area contributed by atoms with E-state index in [1.807, 2.05) is 19.1 Å². The van der Waals surface area contributed by atoms with Gasteiger partial charge in [-0.25, -0.2) is 9.97 Å². The third kappa shape index (κ3) is 6.51. The maximum Gasteiger partial charge on any atom is 0.573 e. The van der Waals surface area contributed by atoms with Crippen LogP contribution in [-0.2, 0) is 4.79 Å². The van der Waals surface area contributed by atoms with Gasteiger partial charge in [-0.2, -0.15) is 0 Å². The molecule has 1 saturated heterocycles. The van der Waals surface area contributed by atoms with Crippen molar-refractivity contribution in [3.05, 3.63) is 59.8 Å². The Kier molecular flexibility index (Phi) is 7.44. The first-order valence-electron chi connectivity index (χ1n) is 11.6. The molecule has 3 aromatic rings. The molecule has 1 amide bonds. The second-order valence-corrected chi connectivity index (χ2v) is 8.96. The summed E-state index contributed by atoms with van der Waals surface area (Å²) in [5, 5.41) is 3.65. The smallest absolute Gasteiger partial charge is 0.406 e. The zero-order valence-corrected chi connectivity index (χ0v) is 20.3. The molecule has 10 heteroatoms. The summed E-state index contributed by atoms with van der Waals surface area (Å²) in [5.74, 6) is 0.0338. The Morgan fingerprint density at radius 1 is 1.11 bits per heavy atom. The number of amides is 1. The molecule has 1 fully saturated rings. The van der Waals surface area contributed by atoms with Crippen LogP contribution in [0.25, 0.3) is 17.0 Å². The molecule has 0 unspecified atom stereocenters. The van der Waals surface area contributed by atoms with E-state index in [9.17, 15) is 18.0 Å². The Morgan fingerprint density at radius 2 is 1.81 bits per heavy atom. The Bertz CT molecular complexity index is 1250. The molecule has 1 N–H and O–H groups in total. The van der Waals surface area contributed by atoms with Crippen molar-refractivity contribution in [1.29, 1.82) is 0 Å². The largest absolute Gasteiger partial charge is 0.573 e. The number of hydrogen-bond donors (Lipinski definition) is 1. The maximum atomic E-state index is 12.4. The van der Waals surface area contributed by atoms with Gasteiger partial charge in [0.15, 0.2) is 0 Å². The lowest BCUT2D eigenvalue weighted by Crippen LogP contribution is -2.42. The third-order valence-corrected chi connectivity index (χ3v) is 6.16. The maximum absolute atomic E-state index is 12.4. The Balaban J connectivity index is 1.40. The average molecular weight is 500 g/mol. The predicted octanol–water partition coefficient (Wildman–Crippen LogP) is 5.02. The van der Waals surface area contributed by atoms with E-state index in [-0.39, 0.29) is 11.7 Å². The van der Waals surface area contributed by atoms with Crippen LogP contribution in [0.4, 0.5) is 24.8 Å². The number of nitrogens with zero attached hydrogens (tertiary/aromatic N) is 4. The predicted molar refractivity (Wildman–Crippen MR) is 134 cm³/mol. The number of nitrogens with one attached hydrogen (secondary N) is 1.